The molecule has 0 saturated carbocycles. The summed E-state index contributed by atoms with van der Waals surface area (Å²) in [4.78, 5) is 28.8. The highest BCUT2D eigenvalue weighted by atomic mass is 16.5. The Kier molecular flexibility index (Phi) is 4.51. The lowest BCUT2D eigenvalue weighted by atomic mass is 10.1. The van der Waals surface area contributed by atoms with Crippen LogP contribution >= 0.6 is 0 Å². The molecule has 2 aromatic rings. The predicted molar refractivity (Wildman–Crippen MR) is 92.3 cm³/mol. The van der Waals surface area contributed by atoms with Gasteiger partial charge in [0, 0.05) is 18.7 Å². The Labute approximate surface area is 141 Å². The number of amides is 2. The number of piperazine rings is 1. The predicted octanol–water partition coefficient (Wildman–Crippen LogP) is 2.57. The van der Waals surface area contributed by atoms with Crippen molar-refractivity contribution >= 4 is 17.5 Å². The lowest BCUT2D eigenvalue weighted by Gasteiger charge is -2.39. The van der Waals surface area contributed by atoms with Crippen LogP contribution in [-0.4, -0.2) is 43.0 Å². The van der Waals surface area contributed by atoms with Gasteiger partial charge >= 0.3 is 0 Å². The van der Waals surface area contributed by atoms with Gasteiger partial charge in [0.15, 0.2) is 0 Å². The number of carbonyl (C=O) groups is 2. The van der Waals surface area contributed by atoms with E-state index in [4.69, 9.17) is 4.74 Å². The second-order valence-corrected chi connectivity index (χ2v) is 5.70. The standard InChI is InChI=1S/C19H20N2O3/c1-14-18(22)21(16-10-6-7-11-17(16)24-2)13-12-20(14)19(23)15-8-4-3-5-9-15/h3-11,14H,12-13H2,1-2H3/t14-/m1/s1. The van der Waals surface area contributed by atoms with E-state index >= 15 is 0 Å². The highest BCUT2D eigenvalue weighted by molar-refractivity contribution is 6.04. The molecule has 0 bridgehead atoms. The van der Waals surface area contributed by atoms with E-state index in [-0.39, 0.29) is 11.8 Å². The fourth-order valence-electron chi connectivity index (χ4n) is 2.99. The zero-order valence-electron chi connectivity index (χ0n) is 13.8. The molecule has 1 heterocycles. The van der Waals surface area contributed by atoms with Gasteiger partial charge in [-0.05, 0) is 31.2 Å². The van der Waals surface area contributed by atoms with Gasteiger partial charge in [0.25, 0.3) is 5.91 Å². The van der Waals surface area contributed by atoms with Gasteiger partial charge in [-0.1, -0.05) is 30.3 Å². The number of hydrogen-bond acceptors (Lipinski definition) is 3. The molecule has 1 aliphatic rings. The average Bonchev–Trinajstić information content (AvgIpc) is 2.64. The van der Waals surface area contributed by atoms with E-state index in [1.807, 2.05) is 42.5 Å². The summed E-state index contributed by atoms with van der Waals surface area (Å²) >= 11 is 0. The number of benzene rings is 2. The molecule has 1 fully saturated rings. The third-order valence-corrected chi connectivity index (χ3v) is 4.31. The lowest BCUT2D eigenvalue weighted by Crippen LogP contribution is -2.57. The van der Waals surface area contributed by atoms with Crippen molar-refractivity contribution in [3.8, 4) is 5.75 Å². The van der Waals surface area contributed by atoms with Crippen LogP contribution in [0.3, 0.4) is 0 Å². The number of anilines is 1. The van der Waals surface area contributed by atoms with Crippen molar-refractivity contribution in [1.82, 2.24) is 4.90 Å². The zero-order valence-corrected chi connectivity index (χ0v) is 13.8. The lowest BCUT2D eigenvalue weighted by molar-refractivity contribution is -0.124. The van der Waals surface area contributed by atoms with Gasteiger partial charge in [-0.15, -0.1) is 0 Å². The summed E-state index contributed by atoms with van der Waals surface area (Å²) in [5.41, 5.74) is 1.34. The molecule has 0 spiro atoms. The monoisotopic (exact) mass is 324 g/mol. The van der Waals surface area contributed by atoms with E-state index in [2.05, 4.69) is 0 Å². The quantitative estimate of drug-likeness (QED) is 0.872. The third-order valence-electron chi connectivity index (χ3n) is 4.31. The number of rotatable bonds is 3. The molecule has 0 aromatic heterocycles. The second kappa shape index (κ2) is 6.74. The van der Waals surface area contributed by atoms with E-state index in [1.54, 1.807) is 36.0 Å². The molecule has 2 aromatic carbocycles. The van der Waals surface area contributed by atoms with Crippen LogP contribution in [0.4, 0.5) is 5.69 Å². The number of carbonyl (C=O) groups excluding carboxylic acids is 2. The van der Waals surface area contributed by atoms with Crippen molar-refractivity contribution in [1.29, 1.82) is 0 Å². The van der Waals surface area contributed by atoms with E-state index in [0.717, 1.165) is 5.69 Å². The van der Waals surface area contributed by atoms with Crippen LogP contribution in [0.5, 0.6) is 5.75 Å². The van der Waals surface area contributed by atoms with Crippen LogP contribution in [-0.2, 0) is 4.79 Å². The smallest absolute Gasteiger partial charge is 0.254 e. The maximum absolute atomic E-state index is 12.8. The molecule has 1 saturated heterocycles. The van der Waals surface area contributed by atoms with Gasteiger partial charge in [-0.2, -0.15) is 0 Å². The number of methoxy groups -OCH3 is 1. The van der Waals surface area contributed by atoms with Crippen molar-refractivity contribution in [3.63, 3.8) is 0 Å². The largest absolute Gasteiger partial charge is 0.495 e. The summed E-state index contributed by atoms with van der Waals surface area (Å²) < 4.78 is 5.35. The average molecular weight is 324 g/mol. The Balaban J connectivity index is 1.83. The zero-order chi connectivity index (χ0) is 17.1. The van der Waals surface area contributed by atoms with Crippen LogP contribution in [0.15, 0.2) is 54.6 Å². The molecule has 2 amide bonds. The molecule has 3 rings (SSSR count). The molecule has 0 aliphatic carbocycles. The summed E-state index contributed by atoms with van der Waals surface area (Å²) in [6.45, 7) is 2.70. The van der Waals surface area contributed by atoms with E-state index < -0.39 is 6.04 Å². The van der Waals surface area contributed by atoms with Gasteiger partial charge in [0.05, 0.1) is 12.8 Å². The van der Waals surface area contributed by atoms with Crippen molar-refractivity contribution < 1.29 is 14.3 Å². The third kappa shape index (κ3) is 2.85. The number of nitrogens with zero attached hydrogens (tertiary/aromatic N) is 2. The first kappa shape index (κ1) is 16.1. The van der Waals surface area contributed by atoms with Gasteiger partial charge in [0.2, 0.25) is 5.91 Å². The summed E-state index contributed by atoms with van der Waals surface area (Å²) in [5, 5.41) is 0. The minimum atomic E-state index is -0.517. The van der Waals surface area contributed by atoms with Crippen LogP contribution in [0.25, 0.3) is 0 Å². The molecular formula is C19H20N2O3. The van der Waals surface area contributed by atoms with Crippen molar-refractivity contribution in [2.45, 2.75) is 13.0 Å². The molecular weight excluding hydrogens is 304 g/mol. The van der Waals surface area contributed by atoms with E-state index in [1.165, 1.54) is 0 Å². The van der Waals surface area contributed by atoms with Crippen LogP contribution in [0.1, 0.15) is 17.3 Å². The first-order chi connectivity index (χ1) is 11.6. The van der Waals surface area contributed by atoms with E-state index in [9.17, 15) is 9.59 Å². The first-order valence-corrected chi connectivity index (χ1v) is 7.94. The SMILES string of the molecule is COc1ccccc1N1CCN(C(=O)c2ccccc2)[C@H](C)C1=O. The number of hydrogen-bond donors (Lipinski definition) is 0. The first-order valence-electron chi connectivity index (χ1n) is 7.94. The fourth-order valence-corrected chi connectivity index (χ4v) is 2.99. The van der Waals surface area contributed by atoms with Crippen LogP contribution < -0.4 is 9.64 Å². The molecule has 5 nitrogen and oxygen atoms in total. The van der Waals surface area contributed by atoms with Crippen LogP contribution in [0, 0.1) is 0 Å². The fraction of sp³-hybridized carbons (Fsp3) is 0.263. The Morgan fingerprint density at radius 3 is 2.42 bits per heavy atom. The van der Waals surface area contributed by atoms with Gasteiger partial charge in [-0.3, -0.25) is 9.59 Å². The summed E-state index contributed by atoms with van der Waals surface area (Å²) in [7, 11) is 1.59. The molecule has 0 radical (unpaired) electrons. The molecule has 0 N–H and O–H groups in total. The van der Waals surface area contributed by atoms with Crippen molar-refractivity contribution in [2.75, 3.05) is 25.1 Å². The summed E-state index contributed by atoms with van der Waals surface area (Å²) in [6.07, 6.45) is 0. The number of para-hydroxylation sites is 2. The molecule has 1 atom stereocenters. The highest BCUT2D eigenvalue weighted by Gasteiger charge is 2.36. The Hall–Kier alpha value is -2.82. The Bertz CT molecular complexity index is 745. The molecule has 0 unspecified atom stereocenters. The summed E-state index contributed by atoms with van der Waals surface area (Å²) in [6, 6.07) is 16.0. The molecule has 124 valence electrons. The highest BCUT2D eigenvalue weighted by Crippen LogP contribution is 2.30. The van der Waals surface area contributed by atoms with Gasteiger partial charge in [0.1, 0.15) is 11.8 Å². The minimum Gasteiger partial charge on any atom is -0.495 e. The second-order valence-electron chi connectivity index (χ2n) is 5.70. The minimum absolute atomic E-state index is 0.102. The normalized spacial score (nSPS) is 17.8. The maximum Gasteiger partial charge on any atom is 0.254 e. The Morgan fingerprint density at radius 1 is 1.04 bits per heavy atom. The van der Waals surface area contributed by atoms with Crippen molar-refractivity contribution in [2.24, 2.45) is 0 Å². The van der Waals surface area contributed by atoms with Crippen molar-refractivity contribution in [3.05, 3.63) is 60.2 Å². The van der Waals surface area contributed by atoms with Gasteiger partial charge in [-0.25, -0.2) is 0 Å². The number of ether oxygens (including phenoxy) is 1. The molecule has 5 heteroatoms. The summed E-state index contributed by atoms with van der Waals surface area (Å²) in [5.74, 6) is 0.437. The van der Waals surface area contributed by atoms with Crippen LogP contribution in [0.2, 0.25) is 0 Å². The maximum atomic E-state index is 12.8. The Morgan fingerprint density at radius 2 is 1.71 bits per heavy atom. The topological polar surface area (TPSA) is 49.9 Å². The molecule has 1 aliphatic heterocycles. The van der Waals surface area contributed by atoms with Gasteiger partial charge < -0.3 is 14.5 Å². The van der Waals surface area contributed by atoms with E-state index in [0.29, 0.717) is 24.4 Å². The molecule has 24 heavy (non-hydrogen) atoms.